The van der Waals surface area contributed by atoms with Crippen molar-refractivity contribution in [2.24, 2.45) is 4.99 Å². The van der Waals surface area contributed by atoms with E-state index in [4.69, 9.17) is 4.74 Å². The molecule has 1 saturated carbocycles. The fraction of sp³-hybridized carbons (Fsp3) is 0.391. The average Bonchev–Trinajstić information content (AvgIpc) is 3.55. The van der Waals surface area contributed by atoms with Crippen molar-refractivity contribution in [1.29, 1.82) is 0 Å². The van der Waals surface area contributed by atoms with Crippen molar-refractivity contribution in [1.82, 2.24) is 16.0 Å². The molecule has 0 bridgehead atoms. The lowest BCUT2D eigenvalue weighted by Gasteiger charge is -2.19. The first kappa shape index (κ1) is 21.6. The number of hydrogen-bond acceptors (Lipinski definition) is 3. The van der Waals surface area contributed by atoms with E-state index in [0.717, 1.165) is 29.7 Å². The van der Waals surface area contributed by atoms with Crippen LogP contribution in [-0.2, 0) is 16.8 Å². The van der Waals surface area contributed by atoms with Crippen LogP contribution in [0.25, 0.3) is 0 Å². The largest absolute Gasteiger partial charge is 0.497 e. The van der Waals surface area contributed by atoms with Crippen LogP contribution < -0.4 is 20.7 Å². The molecule has 0 heterocycles. The molecule has 30 heavy (non-hydrogen) atoms. The monoisotopic (exact) mass is 412 g/mol. The first-order valence-corrected chi connectivity index (χ1v) is 10.2. The van der Waals surface area contributed by atoms with Gasteiger partial charge in [0.1, 0.15) is 18.1 Å². The molecule has 0 aliphatic heterocycles. The van der Waals surface area contributed by atoms with Crippen LogP contribution in [0.2, 0.25) is 0 Å². The molecule has 160 valence electrons. The van der Waals surface area contributed by atoms with Crippen LogP contribution in [0.5, 0.6) is 5.75 Å². The number of aliphatic imine (C=N–C) groups is 1. The number of amides is 1. The molecule has 2 aromatic rings. The van der Waals surface area contributed by atoms with Crippen molar-refractivity contribution in [3.63, 3.8) is 0 Å². The van der Waals surface area contributed by atoms with Crippen molar-refractivity contribution in [3.8, 4) is 5.75 Å². The maximum atomic E-state index is 14.2. The fourth-order valence-electron chi connectivity index (χ4n) is 3.33. The SMILES string of the molecule is CCNC(=NCC(=O)NCc1ccc(OC)cc1)NCC1(c2ccccc2F)CC1. The summed E-state index contributed by atoms with van der Waals surface area (Å²) in [5, 5.41) is 9.27. The average molecular weight is 413 g/mol. The molecule has 7 heteroatoms. The maximum Gasteiger partial charge on any atom is 0.242 e. The Morgan fingerprint density at radius 1 is 1.10 bits per heavy atom. The fourth-order valence-corrected chi connectivity index (χ4v) is 3.33. The molecule has 1 amide bonds. The van der Waals surface area contributed by atoms with Crippen LogP contribution in [0.1, 0.15) is 30.9 Å². The number of rotatable bonds is 9. The van der Waals surface area contributed by atoms with Crippen molar-refractivity contribution in [2.45, 2.75) is 31.7 Å². The van der Waals surface area contributed by atoms with Crippen LogP contribution in [0.3, 0.4) is 0 Å². The number of carbonyl (C=O) groups excluding carboxylic acids is 1. The zero-order valence-electron chi connectivity index (χ0n) is 17.5. The minimum absolute atomic E-state index is 0.0121. The standard InChI is InChI=1S/C23H29FN4O2/c1-3-25-22(28-16-23(12-13-23)19-6-4-5-7-20(19)24)27-15-21(29)26-14-17-8-10-18(30-2)11-9-17/h4-11H,3,12-16H2,1-2H3,(H,26,29)(H2,25,27,28). The summed E-state index contributed by atoms with van der Waals surface area (Å²) in [5.41, 5.74) is 1.53. The topological polar surface area (TPSA) is 74.8 Å². The third-order valence-corrected chi connectivity index (χ3v) is 5.27. The van der Waals surface area contributed by atoms with E-state index in [0.29, 0.717) is 25.6 Å². The smallest absolute Gasteiger partial charge is 0.242 e. The molecule has 1 aliphatic rings. The lowest BCUT2D eigenvalue weighted by atomic mass is 9.95. The van der Waals surface area contributed by atoms with Gasteiger partial charge in [-0.25, -0.2) is 9.38 Å². The van der Waals surface area contributed by atoms with Gasteiger partial charge in [0, 0.05) is 25.0 Å². The number of nitrogens with zero attached hydrogens (tertiary/aromatic N) is 1. The van der Waals surface area contributed by atoms with Crippen molar-refractivity contribution in [3.05, 3.63) is 65.5 Å². The van der Waals surface area contributed by atoms with E-state index in [1.54, 1.807) is 13.2 Å². The number of carbonyl (C=O) groups is 1. The summed E-state index contributed by atoms with van der Waals surface area (Å²) in [7, 11) is 1.62. The second-order valence-corrected chi connectivity index (χ2v) is 7.43. The molecule has 2 aromatic carbocycles. The summed E-state index contributed by atoms with van der Waals surface area (Å²) < 4.78 is 19.3. The van der Waals surface area contributed by atoms with Gasteiger partial charge in [0.25, 0.3) is 0 Å². The molecule has 0 radical (unpaired) electrons. The molecule has 1 aliphatic carbocycles. The van der Waals surface area contributed by atoms with E-state index in [9.17, 15) is 9.18 Å². The predicted molar refractivity (Wildman–Crippen MR) is 116 cm³/mol. The van der Waals surface area contributed by atoms with Gasteiger partial charge in [-0.2, -0.15) is 0 Å². The first-order valence-electron chi connectivity index (χ1n) is 10.2. The second kappa shape index (κ2) is 10.1. The number of guanidine groups is 1. The summed E-state index contributed by atoms with van der Waals surface area (Å²) >= 11 is 0. The highest BCUT2D eigenvalue weighted by atomic mass is 19.1. The third kappa shape index (κ3) is 5.72. The minimum Gasteiger partial charge on any atom is -0.497 e. The van der Waals surface area contributed by atoms with Crippen LogP contribution in [-0.4, -0.2) is 38.6 Å². The molecular formula is C23H29FN4O2. The summed E-state index contributed by atoms with van der Waals surface area (Å²) in [5.74, 6) is 0.995. The van der Waals surface area contributed by atoms with Gasteiger partial charge in [0.15, 0.2) is 5.96 Å². The Kier molecular flexibility index (Phi) is 7.27. The Balaban J connectivity index is 1.51. The molecule has 3 rings (SSSR count). The third-order valence-electron chi connectivity index (χ3n) is 5.27. The number of nitrogens with one attached hydrogen (secondary N) is 3. The Hall–Kier alpha value is -3.09. The van der Waals surface area contributed by atoms with E-state index in [1.165, 1.54) is 6.07 Å². The molecule has 3 N–H and O–H groups in total. The highest BCUT2D eigenvalue weighted by Crippen LogP contribution is 2.48. The molecule has 1 fully saturated rings. The van der Waals surface area contributed by atoms with Gasteiger partial charge in [-0.1, -0.05) is 30.3 Å². The van der Waals surface area contributed by atoms with Gasteiger partial charge in [0.2, 0.25) is 5.91 Å². The van der Waals surface area contributed by atoms with Crippen LogP contribution in [0.15, 0.2) is 53.5 Å². The molecular weight excluding hydrogens is 383 g/mol. The quantitative estimate of drug-likeness (QED) is 0.437. The van der Waals surface area contributed by atoms with Crippen molar-refractivity contribution < 1.29 is 13.9 Å². The Bertz CT molecular complexity index is 879. The van der Waals surface area contributed by atoms with E-state index >= 15 is 0 Å². The van der Waals surface area contributed by atoms with E-state index in [1.807, 2.05) is 43.3 Å². The van der Waals surface area contributed by atoms with Gasteiger partial charge >= 0.3 is 0 Å². The summed E-state index contributed by atoms with van der Waals surface area (Å²) in [6.45, 7) is 3.65. The van der Waals surface area contributed by atoms with Gasteiger partial charge in [-0.15, -0.1) is 0 Å². The van der Waals surface area contributed by atoms with Gasteiger partial charge < -0.3 is 20.7 Å². The zero-order chi connectivity index (χ0) is 21.4. The molecule has 0 aromatic heterocycles. The van der Waals surface area contributed by atoms with Gasteiger partial charge in [-0.05, 0) is 49.1 Å². The van der Waals surface area contributed by atoms with Crippen LogP contribution >= 0.6 is 0 Å². The Morgan fingerprint density at radius 3 is 2.47 bits per heavy atom. The normalized spacial score (nSPS) is 14.7. The highest BCUT2D eigenvalue weighted by molar-refractivity contribution is 5.85. The maximum absolute atomic E-state index is 14.2. The molecule has 0 atom stereocenters. The second-order valence-electron chi connectivity index (χ2n) is 7.43. The molecule has 6 nitrogen and oxygen atoms in total. The summed E-state index contributed by atoms with van der Waals surface area (Å²) in [4.78, 5) is 16.5. The predicted octanol–water partition coefficient (Wildman–Crippen LogP) is 2.74. The van der Waals surface area contributed by atoms with E-state index < -0.39 is 0 Å². The number of ether oxygens (including phenoxy) is 1. The van der Waals surface area contributed by atoms with E-state index in [2.05, 4.69) is 20.9 Å². The number of benzene rings is 2. The van der Waals surface area contributed by atoms with Crippen LogP contribution in [0, 0.1) is 5.82 Å². The van der Waals surface area contributed by atoms with E-state index in [-0.39, 0.29) is 23.7 Å². The highest BCUT2D eigenvalue weighted by Gasteiger charge is 2.45. The Morgan fingerprint density at radius 2 is 1.83 bits per heavy atom. The molecule has 0 unspecified atom stereocenters. The Labute approximate surface area is 176 Å². The zero-order valence-corrected chi connectivity index (χ0v) is 17.5. The number of methoxy groups -OCH3 is 1. The van der Waals surface area contributed by atoms with Gasteiger partial charge in [-0.3, -0.25) is 4.79 Å². The minimum atomic E-state index is -0.196. The van der Waals surface area contributed by atoms with Crippen LogP contribution in [0.4, 0.5) is 4.39 Å². The van der Waals surface area contributed by atoms with Crippen molar-refractivity contribution >= 4 is 11.9 Å². The van der Waals surface area contributed by atoms with Crippen molar-refractivity contribution in [2.75, 3.05) is 26.7 Å². The summed E-state index contributed by atoms with van der Waals surface area (Å²) in [6.07, 6.45) is 1.87. The van der Waals surface area contributed by atoms with Gasteiger partial charge in [0.05, 0.1) is 7.11 Å². The molecule has 0 saturated heterocycles. The first-order chi connectivity index (χ1) is 14.6. The number of halogens is 1. The summed E-state index contributed by atoms with van der Waals surface area (Å²) in [6, 6.07) is 14.5. The lowest BCUT2D eigenvalue weighted by molar-refractivity contribution is -0.119. The molecule has 0 spiro atoms. The lowest BCUT2D eigenvalue weighted by Crippen LogP contribution is -2.42. The number of hydrogen-bond donors (Lipinski definition) is 3.